The van der Waals surface area contributed by atoms with Gasteiger partial charge in [0.25, 0.3) is 0 Å². The average Bonchev–Trinajstić information content (AvgIpc) is 2.20. The molecule has 0 aliphatic heterocycles. The summed E-state index contributed by atoms with van der Waals surface area (Å²) in [5, 5.41) is 2.79. The molecule has 15 heavy (non-hydrogen) atoms. The van der Waals surface area contributed by atoms with E-state index in [0.29, 0.717) is 6.54 Å². The summed E-state index contributed by atoms with van der Waals surface area (Å²) >= 11 is 0. The normalized spacial score (nSPS) is 12.2. The fourth-order valence-corrected chi connectivity index (χ4v) is 1.37. The molecular formula is C12H18N2O. The van der Waals surface area contributed by atoms with E-state index in [1.165, 1.54) is 11.1 Å². The van der Waals surface area contributed by atoms with Crippen molar-refractivity contribution in [2.75, 3.05) is 6.54 Å². The Hall–Kier alpha value is -1.35. The molecule has 3 N–H and O–H groups in total. The Bertz CT molecular complexity index is 334. The third-order valence-corrected chi connectivity index (χ3v) is 2.37. The minimum atomic E-state index is -0.429. The predicted molar refractivity (Wildman–Crippen MR) is 61.5 cm³/mol. The SMILES string of the molecule is Cc1ccccc1CCNC(=O)C(C)N. The molecule has 1 amide bonds. The van der Waals surface area contributed by atoms with E-state index >= 15 is 0 Å². The maximum absolute atomic E-state index is 11.2. The molecule has 0 radical (unpaired) electrons. The van der Waals surface area contributed by atoms with Gasteiger partial charge in [-0.3, -0.25) is 4.79 Å². The highest BCUT2D eigenvalue weighted by atomic mass is 16.2. The number of carbonyl (C=O) groups is 1. The Morgan fingerprint density at radius 3 is 2.73 bits per heavy atom. The average molecular weight is 206 g/mol. The molecule has 1 rings (SSSR count). The number of amides is 1. The van der Waals surface area contributed by atoms with Crippen LogP contribution >= 0.6 is 0 Å². The lowest BCUT2D eigenvalue weighted by atomic mass is 10.1. The molecular weight excluding hydrogens is 188 g/mol. The summed E-state index contributed by atoms with van der Waals surface area (Å²) in [5.41, 5.74) is 7.96. The summed E-state index contributed by atoms with van der Waals surface area (Å²) in [6.07, 6.45) is 0.852. The molecule has 0 bridgehead atoms. The van der Waals surface area contributed by atoms with Gasteiger partial charge in [0.15, 0.2) is 0 Å². The van der Waals surface area contributed by atoms with Gasteiger partial charge in [-0.2, -0.15) is 0 Å². The van der Waals surface area contributed by atoms with Crippen molar-refractivity contribution >= 4 is 5.91 Å². The van der Waals surface area contributed by atoms with E-state index in [0.717, 1.165) is 6.42 Å². The fourth-order valence-electron chi connectivity index (χ4n) is 1.37. The number of hydrogen-bond acceptors (Lipinski definition) is 2. The second kappa shape index (κ2) is 5.51. The van der Waals surface area contributed by atoms with Crippen molar-refractivity contribution in [1.82, 2.24) is 5.32 Å². The van der Waals surface area contributed by atoms with E-state index in [1.807, 2.05) is 12.1 Å². The maximum Gasteiger partial charge on any atom is 0.236 e. The van der Waals surface area contributed by atoms with Crippen LogP contribution in [0, 0.1) is 6.92 Å². The maximum atomic E-state index is 11.2. The van der Waals surface area contributed by atoms with Crippen molar-refractivity contribution in [3.8, 4) is 0 Å². The molecule has 0 fully saturated rings. The largest absolute Gasteiger partial charge is 0.354 e. The minimum Gasteiger partial charge on any atom is -0.354 e. The van der Waals surface area contributed by atoms with Crippen LogP contribution in [0.1, 0.15) is 18.1 Å². The van der Waals surface area contributed by atoms with Gasteiger partial charge in [-0.15, -0.1) is 0 Å². The smallest absolute Gasteiger partial charge is 0.236 e. The zero-order valence-electron chi connectivity index (χ0n) is 9.29. The Morgan fingerprint density at radius 1 is 1.47 bits per heavy atom. The van der Waals surface area contributed by atoms with Crippen LogP contribution in [0.2, 0.25) is 0 Å². The summed E-state index contributed by atoms with van der Waals surface area (Å²) in [7, 11) is 0. The van der Waals surface area contributed by atoms with Crippen LogP contribution in [0.5, 0.6) is 0 Å². The predicted octanol–water partition coefficient (Wildman–Crippen LogP) is 1.00. The van der Waals surface area contributed by atoms with E-state index in [-0.39, 0.29) is 5.91 Å². The van der Waals surface area contributed by atoms with Gasteiger partial charge < -0.3 is 11.1 Å². The van der Waals surface area contributed by atoms with Crippen molar-refractivity contribution in [2.24, 2.45) is 5.73 Å². The van der Waals surface area contributed by atoms with Crippen LogP contribution in [-0.4, -0.2) is 18.5 Å². The number of rotatable bonds is 4. The highest BCUT2D eigenvalue weighted by Crippen LogP contribution is 2.06. The highest BCUT2D eigenvalue weighted by molar-refractivity contribution is 5.80. The summed E-state index contributed by atoms with van der Waals surface area (Å²) in [5.74, 6) is -0.0939. The molecule has 0 saturated carbocycles. The summed E-state index contributed by atoms with van der Waals surface area (Å²) in [4.78, 5) is 11.2. The van der Waals surface area contributed by atoms with Crippen LogP contribution < -0.4 is 11.1 Å². The summed E-state index contributed by atoms with van der Waals surface area (Å²) in [6, 6.07) is 7.74. The highest BCUT2D eigenvalue weighted by Gasteiger charge is 2.05. The van der Waals surface area contributed by atoms with Crippen LogP contribution in [0.25, 0.3) is 0 Å². The first-order chi connectivity index (χ1) is 7.11. The second-order valence-corrected chi connectivity index (χ2v) is 3.76. The minimum absolute atomic E-state index is 0.0939. The number of nitrogens with one attached hydrogen (secondary N) is 1. The van der Waals surface area contributed by atoms with Gasteiger partial charge in [0, 0.05) is 6.54 Å². The van der Waals surface area contributed by atoms with Crippen molar-refractivity contribution < 1.29 is 4.79 Å². The van der Waals surface area contributed by atoms with Gasteiger partial charge in [-0.25, -0.2) is 0 Å². The lowest BCUT2D eigenvalue weighted by Crippen LogP contribution is -2.39. The second-order valence-electron chi connectivity index (χ2n) is 3.76. The molecule has 0 heterocycles. The summed E-state index contributed by atoms with van der Waals surface area (Å²) < 4.78 is 0. The van der Waals surface area contributed by atoms with Crippen molar-refractivity contribution in [1.29, 1.82) is 0 Å². The first kappa shape index (κ1) is 11.7. The van der Waals surface area contributed by atoms with E-state index < -0.39 is 6.04 Å². The molecule has 1 unspecified atom stereocenters. The lowest BCUT2D eigenvalue weighted by Gasteiger charge is -2.08. The topological polar surface area (TPSA) is 55.1 Å². The van der Waals surface area contributed by atoms with Crippen LogP contribution in [0.3, 0.4) is 0 Å². The van der Waals surface area contributed by atoms with E-state index in [4.69, 9.17) is 5.73 Å². The molecule has 0 aliphatic carbocycles. The number of aryl methyl sites for hydroxylation is 1. The van der Waals surface area contributed by atoms with Gasteiger partial charge >= 0.3 is 0 Å². The summed E-state index contributed by atoms with van der Waals surface area (Å²) in [6.45, 7) is 4.40. The van der Waals surface area contributed by atoms with Gasteiger partial charge in [-0.1, -0.05) is 24.3 Å². The third-order valence-electron chi connectivity index (χ3n) is 2.37. The lowest BCUT2D eigenvalue weighted by molar-refractivity contribution is -0.121. The van der Waals surface area contributed by atoms with Gasteiger partial charge in [0.05, 0.1) is 6.04 Å². The molecule has 3 heteroatoms. The van der Waals surface area contributed by atoms with Crippen molar-refractivity contribution in [2.45, 2.75) is 26.3 Å². The number of benzene rings is 1. The molecule has 0 saturated heterocycles. The van der Waals surface area contributed by atoms with Crippen LogP contribution in [0.15, 0.2) is 24.3 Å². The van der Waals surface area contributed by atoms with E-state index in [2.05, 4.69) is 24.4 Å². The molecule has 1 atom stereocenters. The molecule has 1 aromatic rings. The molecule has 82 valence electrons. The molecule has 0 aliphatic rings. The van der Waals surface area contributed by atoms with Gasteiger partial charge in [-0.05, 0) is 31.4 Å². The van der Waals surface area contributed by atoms with E-state index in [1.54, 1.807) is 6.92 Å². The molecule has 0 aromatic heterocycles. The zero-order chi connectivity index (χ0) is 11.3. The van der Waals surface area contributed by atoms with Crippen LogP contribution in [0.4, 0.5) is 0 Å². The van der Waals surface area contributed by atoms with Crippen molar-refractivity contribution in [3.63, 3.8) is 0 Å². The number of carbonyl (C=O) groups excluding carboxylic acids is 1. The molecule has 1 aromatic carbocycles. The molecule has 3 nitrogen and oxygen atoms in total. The number of hydrogen-bond donors (Lipinski definition) is 2. The molecule has 0 spiro atoms. The zero-order valence-corrected chi connectivity index (χ0v) is 9.29. The first-order valence-electron chi connectivity index (χ1n) is 5.19. The standard InChI is InChI=1S/C12H18N2O/c1-9-5-3-4-6-11(9)7-8-14-12(15)10(2)13/h3-6,10H,7-8,13H2,1-2H3,(H,14,15). The van der Waals surface area contributed by atoms with E-state index in [9.17, 15) is 4.79 Å². The van der Waals surface area contributed by atoms with Crippen molar-refractivity contribution in [3.05, 3.63) is 35.4 Å². The Morgan fingerprint density at radius 2 is 2.13 bits per heavy atom. The van der Waals surface area contributed by atoms with Crippen LogP contribution in [-0.2, 0) is 11.2 Å². The third kappa shape index (κ3) is 3.72. The van der Waals surface area contributed by atoms with Gasteiger partial charge in [0.2, 0.25) is 5.91 Å². The Kier molecular flexibility index (Phi) is 4.31. The fraction of sp³-hybridized carbons (Fsp3) is 0.417. The monoisotopic (exact) mass is 206 g/mol. The van der Waals surface area contributed by atoms with Gasteiger partial charge in [0.1, 0.15) is 0 Å². The Balaban J connectivity index is 2.38. The first-order valence-corrected chi connectivity index (χ1v) is 5.19. The number of nitrogens with two attached hydrogens (primary N) is 1. The quantitative estimate of drug-likeness (QED) is 0.772. The Labute approximate surface area is 90.7 Å².